The average Bonchev–Trinajstić information content (AvgIpc) is 2.85. The predicted molar refractivity (Wildman–Crippen MR) is 83.4 cm³/mol. The molecule has 0 unspecified atom stereocenters. The Kier molecular flexibility index (Phi) is 4.58. The van der Waals surface area contributed by atoms with Gasteiger partial charge in [0.25, 0.3) is 0 Å². The van der Waals surface area contributed by atoms with Gasteiger partial charge in [0.1, 0.15) is 6.54 Å². The number of carbonyl (C=O) groups excluding carboxylic acids is 2. The summed E-state index contributed by atoms with van der Waals surface area (Å²) >= 11 is 0. The molecule has 0 saturated carbocycles. The van der Waals surface area contributed by atoms with E-state index in [4.69, 9.17) is 0 Å². The Morgan fingerprint density at radius 1 is 1.24 bits per heavy atom. The van der Waals surface area contributed by atoms with Gasteiger partial charge in [-0.15, -0.1) is 0 Å². The van der Waals surface area contributed by atoms with Crippen LogP contribution >= 0.6 is 0 Å². The summed E-state index contributed by atoms with van der Waals surface area (Å²) in [5.74, 6) is -0.0606. The minimum atomic E-state index is -0.111. The lowest BCUT2D eigenvalue weighted by molar-refractivity contribution is -0.116. The second kappa shape index (κ2) is 6.39. The Bertz CT molecular complexity index is 656. The molecular formula is C17H20N2O2. The summed E-state index contributed by atoms with van der Waals surface area (Å²) in [6, 6.07) is 9.41. The van der Waals surface area contributed by atoms with Crippen LogP contribution in [0.15, 0.2) is 42.7 Å². The van der Waals surface area contributed by atoms with Crippen molar-refractivity contribution < 1.29 is 9.59 Å². The molecule has 1 aromatic carbocycles. The van der Waals surface area contributed by atoms with Crippen molar-refractivity contribution in [2.45, 2.75) is 27.3 Å². The number of anilines is 1. The maximum absolute atomic E-state index is 12.0. The number of rotatable bonds is 5. The third kappa shape index (κ3) is 4.05. The first-order chi connectivity index (χ1) is 9.95. The summed E-state index contributed by atoms with van der Waals surface area (Å²) in [7, 11) is 0. The summed E-state index contributed by atoms with van der Waals surface area (Å²) in [6.07, 6.45) is 3.48. The van der Waals surface area contributed by atoms with Crippen LogP contribution in [-0.4, -0.2) is 16.3 Å². The number of ketones is 1. The number of amides is 1. The lowest BCUT2D eigenvalue weighted by Crippen LogP contribution is -2.18. The third-order valence-electron chi connectivity index (χ3n) is 3.19. The minimum Gasteiger partial charge on any atom is -0.344 e. The molecule has 1 amide bonds. The molecule has 21 heavy (non-hydrogen) atoms. The second-order valence-corrected chi connectivity index (χ2v) is 5.51. The highest BCUT2D eigenvalue weighted by molar-refractivity contribution is 5.97. The number of Topliss-reactive ketones (excluding diaryl/α,β-unsaturated/α-hetero) is 1. The average molecular weight is 284 g/mol. The van der Waals surface area contributed by atoms with Gasteiger partial charge in [0, 0.05) is 29.6 Å². The van der Waals surface area contributed by atoms with Crippen LogP contribution in [0.3, 0.4) is 0 Å². The molecule has 1 aromatic heterocycles. The molecule has 0 saturated heterocycles. The first kappa shape index (κ1) is 15.0. The number of hydrogen-bond donors (Lipinski definition) is 1. The molecule has 110 valence electrons. The number of nitrogens with zero attached hydrogens (tertiary/aromatic N) is 1. The molecular weight excluding hydrogens is 264 g/mol. The van der Waals surface area contributed by atoms with Crippen LogP contribution in [0.5, 0.6) is 0 Å². The second-order valence-electron chi connectivity index (χ2n) is 5.51. The van der Waals surface area contributed by atoms with Gasteiger partial charge in [-0.1, -0.05) is 26.0 Å². The summed E-state index contributed by atoms with van der Waals surface area (Å²) in [5, 5.41) is 2.85. The monoisotopic (exact) mass is 284 g/mol. The zero-order chi connectivity index (χ0) is 15.4. The van der Waals surface area contributed by atoms with Crippen molar-refractivity contribution in [2.24, 2.45) is 5.92 Å². The van der Waals surface area contributed by atoms with Crippen LogP contribution in [0.2, 0.25) is 0 Å². The van der Waals surface area contributed by atoms with Gasteiger partial charge < -0.3 is 9.88 Å². The van der Waals surface area contributed by atoms with E-state index < -0.39 is 0 Å². The van der Waals surface area contributed by atoms with Gasteiger partial charge in [-0.3, -0.25) is 9.59 Å². The van der Waals surface area contributed by atoms with Gasteiger partial charge in [-0.25, -0.2) is 0 Å². The quantitative estimate of drug-likeness (QED) is 0.857. The third-order valence-corrected chi connectivity index (χ3v) is 3.19. The van der Waals surface area contributed by atoms with Crippen LogP contribution in [-0.2, 0) is 11.3 Å². The molecule has 4 heteroatoms. The predicted octanol–water partition coefficient (Wildman–Crippen LogP) is 3.27. The molecule has 1 N–H and O–H groups in total. The van der Waals surface area contributed by atoms with Crippen LogP contribution in [0, 0.1) is 12.8 Å². The fourth-order valence-corrected chi connectivity index (χ4v) is 2.11. The molecule has 0 atom stereocenters. The SMILES string of the molecule is Cc1cccc(NC(=O)Cn2ccc(C(=O)C(C)C)c2)c1. The minimum absolute atomic E-state index is 0.0398. The zero-order valence-electron chi connectivity index (χ0n) is 12.6. The highest BCUT2D eigenvalue weighted by Crippen LogP contribution is 2.11. The highest BCUT2D eigenvalue weighted by Gasteiger charge is 2.12. The van der Waals surface area contributed by atoms with E-state index in [1.165, 1.54) is 0 Å². The summed E-state index contributed by atoms with van der Waals surface area (Å²) in [4.78, 5) is 23.8. The van der Waals surface area contributed by atoms with E-state index in [0.717, 1.165) is 11.3 Å². The van der Waals surface area contributed by atoms with E-state index in [9.17, 15) is 9.59 Å². The first-order valence-corrected chi connectivity index (χ1v) is 7.02. The number of carbonyl (C=O) groups is 2. The Labute approximate surface area is 124 Å². The van der Waals surface area contributed by atoms with E-state index in [-0.39, 0.29) is 24.2 Å². The maximum Gasteiger partial charge on any atom is 0.244 e. The van der Waals surface area contributed by atoms with Gasteiger partial charge in [0.2, 0.25) is 5.91 Å². The molecule has 2 rings (SSSR count). The van der Waals surface area contributed by atoms with E-state index in [2.05, 4.69) is 5.32 Å². The largest absolute Gasteiger partial charge is 0.344 e. The molecule has 0 radical (unpaired) electrons. The molecule has 0 spiro atoms. The summed E-state index contributed by atoms with van der Waals surface area (Å²) in [5.41, 5.74) is 2.53. The van der Waals surface area contributed by atoms with E-state index in [1.54, 1.807) is 23.0 Å². The molecule has 1 heterocycles. The van der Waals surface area contributed by atoms with Gasteiger partial charge in [-0.2, -0.15) is 0 Å². The van der Waals surface area contributed by atoms with Crippen molar-refractivity contribution >= 4 is 17.4 Å². The highest BCUT2D eigenvalue weighted by atomic mass is 16.2. The van der Waals surface area contributed by atoms with Gasteiger partial charge in [0.05, 0.1) is 0 Å². The fraction of sp³-hybridized carbons (Fsp3) is 0.294. The molecule has 0 aliphatic heterocycles. The van der Waals surface area contributed by atoms with Crippen molar-refractivity contribution in [3.8, 4) is 0 Å². The number of aryl methyl sites for hydroxylation is 1. The lowest BCUT2D eigenvalue weighted by Gasteiger charge is -2.07. The molecule has 0 aliphatic carbocycles. The first-order valence-electron chi connectivity index (χ1n) is 7.02. The van der Waals surface area contributed by atoms with Crippen molar-refractivity contribution in [3.63, 3.8) is 0 Å². The van der Waals surface area contributed by atoms with Crippen LogP contribution in [0.4, 0.5) is 5.69 Å². The smallest absolute Gasteiger partial charge is 0.244 e. The van der Waals surface area contributed by atoms with Gasteiger partial charge >= 0.3 is 0 Å². The number of benzene rings is 1. The van der Waals surface area contributed by atoms with Crippen molar-refractivity contribution in [3.05, 3.63) is 53.9 Å². The summed E-state index contributed by atoms with van der Waals surface area (Å²) < 4.78 is 1.72. The topological polar surface area (TPSA) is 51.1 Å². The van der Waals surface area contributed by atoms with Crippen LogP contribution in [0.25, 0.3) is 0 Å². The number of hydrogen-bond acceptors (Lipinski definition) is 2. The van der Waals surface area contributed by atoms with Crippen molar-refractivity contribution in [1.82, 2.24) is 4.57 Å². The maximum atomic E-state index is 12.0. The Balaban J connectivity index is 1.99. The Morgan fingerprint density at radius 3 is 2.67 bits per heavy atom. The fourth-order valence-electron chi connectivity index (χ4n) is 2.11. The van der Waals surface area contributed by atoms with Crippen LogP contribution < -0.4 is 5.32 Å². The molecule has 2 aromatic rings. The van der Waals surface area contributed by atoms with Gasteiger partial charge in [-0.05, 0) is 30.7 Å². The van der Waals surface area contributed by atoms with Crippen LogP contribution in [0.1, 0.15) is 29.8 Å². The van der Waals surface area contributed by atoms with E-state index >= 15 is 0 Å². The van der Waals surface area contributed by atoms with E-state index in [0.29, 0.717) is 5.56 Å². The molecule has 0 fully saturated rings. The summed E-state index contributed by atoms with van der Waals surface area (Å²) in [6.45, 7) is 5.90. The lowest BCUT2D eigenvalue weighted by atomic mass is 10.0. The molecule has 0 bridgehead atoms. The van der Waals surface area contributed by atoms with Crippen molar-refractivity contribution in [1.29, 1.82) is 0 Å². The standard InChI is InChI=1S/C17H20N2O2/c1-12(2)17(21)14-7-8-19(10-14)11-16(20)18-15-6-4-5-13(3)9-15/h4-10,12H,11H2,1-3H3,(H,18,20). The Hall–Kier alpha value is -2.36. The van der Waals surface area contributed by atoms with Crippen molar-refractivity contribution in [2.75, 3.05) is 5.32 Å². The van der Waals surface area contributed by atoms with Gasteiger partial charge in [0.15, 0.2) is 5.78 Å². The molecule has 4 nitrogen and oxygen atoms in total. The molecule has 0 aliphatic rings. The number of nitrogens with one attached hydrogen (secondary N) is 1. The zero-order valence-corrected chi connectivity index (χ0v) is 12.6. The number of aromatic nitrogens is 1. The van der Waals surface area contributed by atoms with E-state index in [1.807, 2.05) is 45.0 Å². The normalized spacial score (nSPS) is 10.7. The Morgan fingerprint density at radius 2 is 2.00 bits per heavy atom.